The van der Waals surface area contributed by atoms with E-state index in [0.29, 0.717) is 38.7 Å². The van der Waals surface area contributed by atoms with Crippen LogP contribution in [0.1, 0.15) is 39.4 Å². The number of hydrogen-bond donors (Lipinski definition) is 1. The number of amides is 1. The highest BCUT2D eigenvalue weighted by atomic mass is 127. The largest absolute Gasteiger partial charge is 0.444 e. The number of halogens is 1. The number of imidazole rings is 1. The molecule has 0 radical (unpaired) electrons. The number of piperazine rings is 1. The van der Waals surface area contributed by atoms with Crippen LogP contribution < -0.4 is 5.73 Å². The molecular weight excluding hydrogens is 459 g/mol. The fourth-order valence-corrected chi connectivity index (χ4v) is 2.77. The van der Waals surface area contributed by atoms with Gasteiger partial charge in [-0.3, -0.25) is 4.99 Å². The molecule has 8 nitrogen and oxygen atoms in total. The lowest BCUT2D eigenvalue weighted by Gasteiger charge is -2.36. The summed E-state index contributed by atoms with van der Waals surface area (Å²) in [5.41, 5.74) is 5.63. The molecule has 0 saturated carbocycles. The number of nitrogens with two attached hydrogens (primary N) is 1. The maximum absolute atomic E-state index is 12.1. The minimum atomic E-state index is -0.468. The monoisotopic (exact) mass is 492 g/mol. The Morgan fingerprint density at radius 3 is 2.41 bits per heavy atom. The molecular formula is C18H33IN6O2. The minimum Gasteiger partial charge on any atom is -0.444 e. The summed E-state index contributed by atoms with van der Waals surface area (Å²) in [6, 6.07) is 0. The molecule has 1 amide bonds. The predicted molar refractivity (Wildman–Crippen MR) is 117 cm³/mol. The average Bonchev–Trinajstić information content (AvgIpc) is 2.98. The fraction of sp³-hybridized carbons (Fsp3) is 0.722. The number of rotatable bonds is 5. The van der Waals surface area contributed by atoms with Crippen LogP contribution in [-0.2, 0) is 11.3 Å². The van der Waals surface area contributed by atoms with Gasteiger partial charge in [0.1, 0.15) is 11.4 Å². The van der Waals surface area contributed by atoms with Crippen molar-refractivity contribution in [3.63, 3.8) is 0 Å². The molecule has 0 unspecified atom stereocenters. The molecule has 2 N–H and O–H groups in total. The van der Waals surface area contributed by atoms with Crippen molar-refractivity contribution in [2.75, 3.05) is 32.7 Å². The summed E-state index contributed by atoms with van der Waals surface area (Å²) in [7, 11) is 0. The molecule has 2 rings (SSSR count). The van der Waals surface area contributed by atoms with Gasteiger partial charge >= 0.3 is 6.09 Å². The molecule has 0 bridgehead atoms. The minimum absolute atomic E-state index is 0. The summed E-state index contributed by atoms with van der Waals surface area (Å²) in [6.07, 6.45) is 5.58. The molecule has 9 heteroatoms. The van der Waals surface area contributed by atoms with Gasteiger partial charge in [0.05, 0.1) is 0 Å². The molecule has 2 heterocycles. The highest BCUT2D eigenvalue weighted by Gasteiger charge is 2.26. The van der Waals surface area contributed by atoms with E-state index >= 15 is 0 Å². The molecule has 1 aliphatic heterocycles. The standard InChI is InChI=1S/C18H32N6O2.HI/c1-15-20-8-10-22(15)9-6-5-7-21-16(19)23-11-13-24(14-12-23)17(25)26-18(2,3)4;/h8,10H,5-7,9,11-14H2,1-4H3,(H2,19,21);1H. The van der Waals surface area contributed by atoms with E-state index in [9.17, 15) is 4.79 Å². The summed E-state index contributed by atoms with van der Waals surface area (Å²) in [5.74, 6) is 1.60. The predicted octanol–water partition coefficient (Wildman–Crippen LogP) is 2.46. The van der Waals surface area contributed by atoms with Crippen LogP contribution in [0, 0.1) is 6.92 Å². The Morgan fingerprint density at radius 1 is 1.22 bits per heavy atom. The van der Waals surface area contributed by atoms with E-state index in [1.54, 1.807) is 4.90 Å². The van der Waals surface area contributed by atoms with Gasteiger partial charge in [0.2, 0.25) is 0 Å². The van der Waals surface area contributed by atoms with Gasteiger partial charge in [-0.2, -0.15) is 0 Å². The lowest BCUT2D eigenvalue weighted by Crippen LogP contribution is -2.53. The lowest BCUT2D eigenvalue weighted by molar-refractivity contribution is 0.0186. The molecule has 1 saturated heterocycles. The number of carbonyl (C=O) groups excluding carboxylic acids is 1. The first-order chi connectivity index (χ1) is 12.3. The molecule has 0 aromatic carbocycles. The van der Waals surface area contributed by atoms with E-state index in [0.717, 1.165) is 25.2 Å². The van der Waals surface area contributed by atoms with Gasteiger partial charge in [-0.05, 0) is 40.5 Å². The molecule has 27 heavy (non-hydrogen) atoms. The van der Waals surface area contributed by atoms with Crippen LogP contribution in [0.5, 0.6) is 0 Å². The summed E-state index contributed by atoms with van der Waals surface area (Å²) in [5, 5.41) is 0. The molecule has 0 atom stereocenters. The van der Waals surface area contributed by atoms with Crippen molar-refractivity contribution in [2.45, 2.75) is 52.7 Å². The number of aliphatic imine (C=N–C) groups is 1. The van der Waals surface area contributed by atoms with Crippen molar-refractivity contribution in [1.82, 2.24) is 19.4 Å². The Labute approximate surface area is 179 Å². The first-order valence-corrected chi connectivity index (χ1v) is 9.27. The Hall–Kier alpha value is -1.52. The number of carbonyl (C=O) groups is 1. The average molecular weight is 492 g/mol. The number of nitrogens with zero attached hydrogens (tertiary/aromatic N) is 5. The van der Waals surface area contributed by atoms with E-state index in [-0.39, 0.29) is 30.1 Å². The third-order valence-corrected chi connectivity index (χ3v) is 4.26. The van der Waals surface area contributed by atoms with E-state index < -0.39 is 5.60 Å². The van der Waals surface area contributed by atoms with Crippen LogP contribution in [0.3, 0.4) is 0 Å². The molecule has 0 aliphatic carbocycles. The Balaban J connectivity index is 0.00000364. The molecule has 154 valence electrons. The highest BCUT2D eigenvalue weighted by molar-refractivity contribution is 14.0. The first kappa shape index (κ1) is 23.5. The van der Waals surface area contributed by atoms with Crippen LogP contribution in [0.25, 0.3) is 0 Å². The number of hydrogen-bond acceptors (Lipinski definition) is 4. The fourth-order valence-electron chi connectivity index (χ4n) is 2.77. The van der Waals surface area contributed by atoms with Crippen molar-refractivity contribution in [2.24, 2.45) is 10.7 Å². The normalized spacial score (nSPS) is 15.5. The van der Waals surface area contributed by atoms with Crippen LogP contribution in [0.4, 0.5) is 4.79 Å². The Bertz CT molecular complexity index is 618. The zero-order valence-electron chi connectivity index (χ0n) is 16.8. The Morgan fingerprint density at radius 2 is 1.85 bits per heavy atom. The van der Waals surface area contributed by atoms with Crippen LogP contribution >= 0.6 is 24.0 Å². The van der Waals surface area contributed by atoms with Crippen LogP contribution in [0.2, 0.25) is 0 Å². The number of guanidine groups is 1. The van der Waals surface area contributed by atoms with Crippen LogP contribution in [-0.4, -0.2) is 69.7 Å². The molecule has 1 aromatic heterocycles. The first-order valence-electron chi connectivity index (χ1n) is 9.27. The van der Waals surface area contributed by atoms with Crippen molar-refractivity contribution < 1.29 is 9.53 Å². The number of unbranched alkanes of at least 4 members (excludes halogenated alkanes) is 1. The van der Waals surface area contributed by atoms with Gasteiger partial charge in [0.25, 0.3) is 0 Å². The second-order valence-electron chi connectivity index (χ2n) is 7.57. The SMILES string of the molecule is Cc1nccn1CCCCN=C(N)N1CCN(C(=O)OC(C)(C)C)CC1.I. The quantitative estimate of drug-likeness (QED) is 0.295. The van der Waals surface area contributed by atoms with E-state index in [1.165, 1.54) is 0 Å². The van der Waals surface area contributed by atoms with Crippen molar-refractivity contribution in [1.29, 1.82) is 0 Å². The zero-order chi connectivity index (χ0) is 19.2. The maximum atomic E-state index is 12.1. The van der Waals surface area contributed by atoms with Gasteiger partial charge in [-0.15, -0.1) is 24.0 Å². The maximum Gasteiger partial charge on any atom is 0.410 e. The summed E-state index contributed by atoms with van der Waals surface area (Å²) in [6.45, 7) is 11.9. The number of aryl methyl sites for hydroxylation is 2. The van der Waals surface area contributed by atoms with Crippen LogP contribution in [0.15, 0.2) is 17.4 Å². The highest BCUT2D eigenvalue weighted by Crippen LogP contribution is 2.11. The second-order valence-corrected chi connectivity index (χ2v) is 7.57. The summed E-state index contributed by atoms with van der Waals surface area (Å²) < 4.78 is 7.55. The summed E-state index contributed by atoms with van der Waals surface area (Å²) >= 11 is 0. The Kier molecular flexibility index (Phi) is 9.34. The zero-order valence-corrected chi connectivity index (χ0v) is 19.2. The number of aromatic nitrogens is 2. The molecule has 1 aliphatic rings. The van der Waals surface area contributed by atoms with Crippen molar-refractivity contribution in [3.8, 4) is 0 Å². The van der Waals surface area contributed by atoms with Gasteiger partial charge in [0.15, 0.2) is 5.96 Å². The summed E-state index contributed by atoms with van der Waals surface area (Å²) in [4.78, 5) is 24.5. The van der Waals surface area contributed by atoms with Gasteiger partial charge < -0.3 is 24.8 Å². The number of ether oxygens (including phenoxy) is 1. The van der Waals surface area contributed by atoms with E-state index in [1.807, 2.05) is 45.0 Å². The third-order valence-electron chi connectivity index (χ3n) is 4.26. The van der Waals surface area contributed by atoms with Crippen molar-refractivity contribution in [3.05, 3.63) is 18.2 Å². The molecule has 1 fully saturated rings. The van der Waals surface area contributed by atoms with Gasteiger partial charge in [-0.1, -0.05) is 0 Å². The second kappa shape index (κ2) is 10.7. The van der Waals surface area contributed by atoms with Gasteiger partial charge in [-0.25, -0.2) is 9.78 Å². The molecule has 0 spiro atoms. The smallest absolute Gasteiger partial charge is 0.410 e. The topological polar surface area (TPSA) is 89.0 Å². The molecule has 1 aromatic rings. The third kappa shape index (κ3) is 7.94. The van der Waals surface area contributed by atoms with E-state index in [2.05, 4.69) is 14.5 Å². The van der Waals surface area contributed by atoms with Gasteiger partial charge in [0, 0.05) is 51.7 Å². The van der Waals surface area contributed by atoms with Crippen molar-refractivity contribution >= 4 is 36.0 Å². The van der Waals surface area contributed by atoms with E-state index in [4.69, 9.17) is 10.5 Å². The lowest BCUT2D eigenvalue weighted by atomic mass is 10.2.